The first-order chi connectivity index (χ1) is 19.0. The van der Waals surface area contributed by atoms with Gasteiger partial charge in [-0.3, -0.25) is 9.36 Å². The molecule has 3 aromatic carbocycles. The Morgan fingerprint density at radius 2 is 1.82 bits per heavy atom. The number of ether oxygens (including phenoxy) is 1. The summed E-state index contributed by atoms with van der Waals surface area (Å²) in [5.74, 6) is -0.460. The Hall–Kier alpha value is -4.49. The molecule has 0 aliphatic carbocycles. The highest BCUT2D eigenvalue weighted by Crippen LogP contribution is 2.34. The largest absolute Gasteiger partial charge is 0.463 e. The van der Waals surface area contributed by atoms with Gasteiger partial charge < -0.3 is 9.30 Å². The van der Waals surface area contributed by atoms with Gasteiger partial charge in [0.05, 0.1) is 28.5 Å². The third kappa shape index (κ3) is 4.15. The fourth-order valence-corrected chi connectivity index (χ4v) is 6.43. The van der Waals surface area contributed by atoms with E-state index in [-0.39, 0.29) is 12.2 Å². The molecule has 1 atom stereocenters. The number of carbonyl (C=O) groups excluding carboxylic acids is 1. The van der Waals surface area contributed by atoms with E-state index in [2.05, 4.69) is 23.3 Å². The van der Waals surface area contributed by atoms with Crippen molar-refractivity contribution in [3.8, 4) is 0 Å². The summed E-state index contributed by atoms with van der Waals surface area (Å²) in [6, 6.07) is 21.4. The molecule has 0 radical (unpaired) electrons. The van der Waals surface area contributed by atoms with Crippen LogP contribution in [0.25, 0.3) is 27.8 Å². The molecular formula is C32H27N3O3S. The van der Waals surface area contributed by atoms with Gasteiger partial charge in [-0.05, 0) is 42.3 Å². The molecule has 5 aromatic rings. The first-order valence-corrected chi connectivity index (χ1v) is 13.7. The van der Waals surface area contributed by atoms with Gasteiger partial charge in [0.1, 0.15) is 0 Å². The highest BCUT2D eigenvalue weighted by atomic mass is 32.1. The number of hydrogen-bond acceptors (Lipinski definition) is 5. The number of nitrogens with zero attached hydrogens (tertiary/aromatic N) is 3. The number of esters is 1. The average Bonchev–Trinajstić information content (AvgIpc) is 3.44. The van der Waals surface area contributed by atoms with Crippen LogP contribution in [0.5, 0.6) is 0 Å². The molecule has 0 spiro atoms. The molecule has 0 fully saturated rings. The van der Waals surface area contributed by atoms with E-state index in [4.69, 9.17) is 9.73 Å². The van der Waals surface area contributed by atoms with Gasteiger partial charge in [-0.1, -0.05) is 78.1 Å². The summed E-state index contributed by atoms with van der Waals surface area (Å²) >= 11 is 1.34. The Kier molecular flexibility index (Phi) is 6.37. The quantitative estimate of drug-likeness (QED) is 0.226. The van der Waals surface area contributed by atoms with Crippen molar-refractivity contribution in [2.45, 2.75) is 26.4 Å². The lowest BCUT2D eigenvalue weighted by molar-refractivity contribution is -0.139. The smallest absolute Gasteiger partial charge is 0.338 e. The van der Waals surface area contributed by atoms with Gasteiger partial charge in [-0.15, -0.1) is 6.58 Å². The minimum absolute atomic E-state index is 0.188. The number of carbonyl (C=O) groups is 1. The summed E-state index contributed by atoms with van der Waals surface area (Å²) in [6.07, 6.45) is 5.82. The van der Waals surface area contributed by atoms with Crippen LogP contribution in [0.15, 0.2) is 107 Å². The summed E-state index contributed by atoms with van der Waals surface area (Å²) in [7, 11) is 0. The molecule has 1 aliphatic rings. The molecule has 7 heteroatoms. The van der Waals surface area contributed by atoms with Crippen molar-refractivity contribution in [1.29, 1.82) is 0 Å². The fraction of sp³-hybridized carbons (Fsp3) is 0.156. The number of aromatic nitrogens is 2. The predicted octanol–water partition coefficient (Wildman–Crippen LogP) is 5.09. The zero-order valence-corrected chi connectivity index (χ0v) is 22.6. The van der Waals surface area contributed by atoms with Crippen LogP contribution in [0.2, 0.25) is 0 Å². The first-order valence-electron chi connectivity index (χ1n) is 12.9. The summed E-state index contributed by atoms with van der Waals surface area (Å²) in [5, 5.41) is 3.06. The Labute approximate surface area is 229 Å². The van der Waals surface area contributed by atoms with Crippen LogP contribution in [0.3, 0.4) is 0 Å². The Balaban J connectivity index is 1.62. The van der Waals surface area contributed by atoms with E-state index in [1.165, 1.54) is 11.3 Å². The summed E-state index contributed by atoms with van der Waals surface area (Å²) < 4.78 is 9.78. The van der Waals surface area contributed by atoms with E-state index >= 15 is 0 Å². The van der Waals surface area contributed by atoms with Gasteiger partial charge in [0.2, 0.25) is 0 Å². The van der Waals surface area contributed by atoms with Gasteiger partial charge in [0, 0.05) is 29.2 Å². The number of rotatable bonds is 6. The van der Waals surface area contributed by atoms with Gasteiger partial charge in [0.25, 0.3) is 5.56 Å². The van der Waals surface area contributed by atoms with Crippen LogP contribution in [-0.2, 0) is 16.1 Å². The van der Waals surface area contributed by atoms with E-state index in [1.807, 2.05) is 79.9 Å². The second-order valence-corrected chi connectivity index (χ2v) is 10.4. The van der Waals surface area contributed by atoms with Crippen LogP contribution in [0.1, 0.15) is 31.0 Å². The zero-order chi connectivity index (χ0) is 27.1. The molecule has 0 bridgehead atoms. The lowest BCUT2D eigenvalue weighted by Gasteiger charge is -2.25. The van der Waals surface area contributed by atoms with Gasteiger partial charge in [0.15, 0.2) is 4.80 Å². The highest BCUT2D eigenvalue weighted by molar-refractivity contribution is 7.07. The van der Waals surface area contributed by atoms with Crippen LogP contribution in [-0.4, -0.2) is 21.7 Å². The average molecular weight is 534 g/mol. The van der Waals surface area contributed by atoms with Crippen LogP contribution in [0, 0.1) is 0 Å². The van der Waals surface area contributed by atoms with Crippen molar-refractivity contribution in [3.05, 3.63) is 128 Å². The minimum Gasteiger partial charge on any atom is -0.463 e. The molecule has 1 unspecified atom stereocenters. The Morgan fingerprint density at radius 3 is 2.62 bits per heavy atom. The zero-order valence-electron chi connectivity index (χ0n) is 21.8. The third-order valence-corrected chi connectivity index (χ3v) is 8.05. The summed E-state index contributed by atoms with van der Waals surface area (Å²) in [5.41, 5.74) is 3.63. The molecule has 6 nitrogen and oxygen atoms in total. The second kappa shape index (κ2) is 10.0. The van der Waals surface area contributed by atoms with Gasteiger partial charge in [-0.25, -0.2) is 9.79 Å². The number of thiazole rings is 1. The monoisotopic (exact) mass is 533 g/mol. The highest BCUT2D eigenvalue weighted by Gasteiger charge is 2.34. The molecule has 0 saturated carbocycles. The van der Waals surface area contributed by atoms with E-state index < -0.39 is 12.0 Å². The molecule has 0 saturated heterocycles. The minimum atomic E-state index is -0.657. The lowest BCUT2D eigenvalue weighted by Crippen LogP contribution is -2.40. The molecular weight excluding hydrogens is 506 g/mol. The number of benzene rings is 3. The van der Waals surface area contributed by atoms with Crippen LogP contribution >= 0.6 is 11.3 Å². The van der Waals surface area contributed by atoms with Crippen LogP contribution < -0.4 is 14.9 Å². The molecule has 0 N–H and O–H groups in total. The van der Waals surface area contributed by atoms with E-state index in [9.17, 15) is 9.59 Å². The third-order valence-electron chi connectivity index (χ3n) is 7.07. The molecule has 194 valence electrons. The molecule has 6 rings (SSSR count). The second-order valence-electron chi connectivity index (χ2n) is 9.41. The van der Waals surface area contributed by atoms with Gasteiger partial charge in [-0.2, -0.15) is 0 Å². The SMILES string of the molecule is C=CCn1cc(/C=c2/sc3n(c2=O)C(c2cccc4ccccc24)C(C(=O)OCC)=C(C)N=3)c2ccccc21. The maximum absolute atomic E-state index is 14.1. The topological polar surface area (TPSA) is 65.6 Å². The van der Waals surface area contributed by atoms with Crippen molar-refractivity contribution in [2.75, 3.05) is 6.61 Å². The molecule has 0 amide bonds. The van der Waals surface area contributed by atoms with Crippen molar-refractivity contribution in [1.82, 2.24) is 9.13 Å². The Bertz CT molecular complexity index is 1990. The summed E-state index contributed by atoms with van der Waals surface area (Å²) in [6.45, 7) is 8.36. The van der Waals surface area contributed by atoms with Crippen molar-refractivity contribution < 1.29 is 9.53 Å². The Morgan fingerprint density at radius 1 is 1.08 bits per heavy atom. The fourth-order valence-electron chi connectivity index (χ4n) is 5.40. The maximum Gasteiger partial charge on any atom is 0.338 e. The predicted molar refractivity (Wildman–Crippen MR) is 156 cm³/mol. The number of hydrogen-bond donors (Lipinski definition) is 0. The molecule has 3 heterocycles. The van der Waals surface area contributed by atoms with E-state index in [0.29, 0.717) is 27.1 Å². The molecule has 39 heavy (non-hydrogen) atoms. The maximum atomic E-state index is 14.1. The van der Waals surface area contributed by atoms with Crippen LogP contribution in [0.4, 0.5) is 0 Å². The standard InChI is InChI=1S/C32H27N3O3S/c1-4-17-34-19-22(24-14-8-9-16-26(24)34)18-27-30(36)35-29(25-15-10-12-21-11-6-7-13-23(21)25)28(31(37)38-5-2)20(3)33-32(35)39-27/h4,6-16,18-19,29H,1,5,17H2,2-3H3/b27-18+. The van der Waals surface area contributed by atoms with E-state index in [1.54, 1.807) is 11.5 Å². The van der Waals surface area contributed by atoms with Crippen molar-refractivity contribution >= 4 is 45.1 Å². The van der Waals surface area contributed by atoms with Crippen molar-refractivity contribution in [3.63, 3.8) is 0 Å². The molecule has 1 aliphatic heterocycles. The van der Waals surface area contributed by atoms with Gasteiger partial charge >= 0.3 is 5.97 Å². The van der Waals surface area contributed by atoms with Crippen molar-refractivity contribution in [2.24, 2.45) is 4.99 Å². The number of para-hydroxylation sites is 1. The molecule has 2 aromatic heterocycles. The summed E-state index contributed by atoms with van der Waals surface area (Å²) in [4.78, 5) is 32.7. The van der Waals surface area contributed by atoms with E-state index in [0.717, 1.165) is 32.8 Å². The number of fused-ring (bicyclic) bond motifs is 3. The normalized spacial score (nSPS) is 15.4. The lowest BCUT2D eigenvalue weighted by atomic mass is 9.91. The number of allylic oxidation sites excluding steroid dienone is 2. The first kappa shape index (κ1) is 24.8.